The van der Waals surface area contributed by atoms with Gasteiger partial charge >= 0.3 is 0 Å². The molecule has 1 saturated heterocycles. The highest BCUT2D eigenvalue weighted by molar-refractivity contribution is 5.96. The smallest absolute Gasteiger partial charge is 0.255 e. The van der Waals surface area contributed by atoms with Crippen molar-refractivity contribution in [2.24, 2.45) is 5.92 Å². The predicted octanol–water partition coefficient (Wildman–Crippen LogP) is 2.08. The molecule has 4 rings (SSSR count). The molecule has 2 aromatic rings. The van der Waals surface area contributed by atoms with Crippen LogP contribution in [-0.4, -0.2) is 39.0 Å². The average Bonchev–Trinajstić information content (AvgIpc) is 3.28. The van der Waals surface area contributed by atoms with Gasteiger partial charge in [-0.15, -0.1) is 0 Å². The Labute approximate surface area is 139 Å². The molecule has 7 heteroatoms. The SMILES string of the molecule is Cc1noc([C@]23CCC[C@H]2CN(C(=O)c2cc(C#N)[nH]c2C)C3)n1. The number of carbonyl (C=O) groups is 1. The van der Waals surface area contributed by atoms with Crippen molar-refractivity contribution >= 4 is 5.91 Å². The summed E-state index contributed by atoms with van der Waals surface area (Å²) in [5.74, 6) is 1.63. The van der Waals surface area contributed by atoms with E-state index >= 15 is 0 Å². The minimum atomic E-state index is -0.209. The second-order valence-corrected chi connectivity index (χ2v) is 6.91. The highest BCUT2D eigenvalue weighted by Gasteiger charge is 2.55. The fraction of sp³-hybridized carbons (Fsp3) is 0.529. The van der Waals surface area contributed by atoms with Crippen LogP contribution in [0.3, 0.4) is 0 Å². The Hall–Kier alpha value is -2.62. The number of likely N-dealkylation sites (tertiary alicyclic amines) is 1. The van der Waals surface area contributed by atoms with Gasteiger partial charge in [0, 0.05) is 18.8 Å². The number of carbonyl (C=O) groups excluding carboxylic acids is 1. The van der Waals surface area contributed by atoms with Gasteiger partial charge in [-0.05, 0) is 38.7 Å². The summed E-state index contributed by atoms with van der Waals surface area (Å²) >= 11 is 0. The van der Waals surface area contributed by atoms with Gasteiger partial charge in [0.25, 0.3) is 5.91 Å². The molecule has 2 fully saturated rings. The lowest BCUT2D eigenvalue weighted by Gasteiger charge is -2.24. The third kappa shape index (κ3) is 2.06. The Morgan fingerprint density at radius 2 is 2.38 bits per heavy atom. The highest BCUT2D eigenvalue weighted by Crippen LogP contribution is 2.50. The lowest BCUT2D eigenvalue weighted by molar-refractivity contribution is 0.0774. The molecule has 0 unspecified atom stereocenters. The number of hydrogen-bond donors (Lipinski definition) is 1. The van der Waals surface area contributed by atoms with Crippen molar-refractivity contribution in [2.45, 2.75) is 38.5 Å². The maximum absolute atomic E-state index is 12.9. The van der Waals surface area contributed by atoms with Crippen molar-refractivity contribution in [3.05, 3.63) is 34.7 Å². The van der Waals surface area contributed by atoms with Gasteiger partial charge < -0.3 is 14.4 Å². The molecule has 0 radical (unpaired) electrons. The zero-order valence-corrected chi connectivity index (χ0v) is 13.8. The second-order valence-electron chi connectivity index (χ2n) is 6.91. The Morgan fingerprint density at radius 3 is 3.04 bits per heavy atom. The summed E-state index contributed by atoms with van der Waals surface area (Å²) in [5.41, 5.74) is 1.51. The Morgan fingerprint density at radius 1 is 1.54 bits per heavy atom. The number of nitriles is 1. The number of nitrogens with zero attached hydrogens (tertiary/aromatic N) is 4. The van der Waals surface area contributed by atoms with Crippen LogP contribution in [0.5, 0.6) is 0 Å². The number of aromatic nitrogens is 3. The van der Waals surface area contributed by atoms with E-state index in [0.717, 1.165) is 25.0 Å². The van der Waals surface area contributed by atoms with E-state index in [1.165, 1.54) is 0 Å². The number of aromatic amines is 1. The molecular weight excluding hydrogens is 306 g/mol. The molecule has 1 aliphatic carbocycles. The minimum absolute atomic E-state index is 0.0322. The van der Waals surface area contributed by atoms with Crippen LogP contribution in [0, 0.1) is 31.1 Å². The zero-order chi connectivity index (χ0) is 16.9. The first-order chi connectivity index (χ1) is 11.5. The molecular formula is C17H19N5O2. The van der Waals surface area contributed by atoms with E-state index in [9.17, 15) is 4.79 Å². The van der Waals surface area contributed by atoms with E-state index in [-0.39, 0.29) is 11.3 Å². The van der Waals surface area contributed by atoms with Crippen LogP contribution in [0.25, 0.3) is 0 Å². The first-order valence-corrected chi connectivity index (χ1v) is 8.23. The number of hydrogen-bond acceptors (Lipinski definition) is 5. The van der Waals surface area contributed by atoms with Crippen molar-refractivity contribution in [2.75, 3.05) is 13.1 Å². The topological polar surface area (TPSA) is 98.8 Å². The van der Waals surface area contributed by atoms with Gasteiger partial charge in [-0.3, -0.25) is 4.79 Å². The van der Waals surface area contributed by atoms with Gasteiger partial charge in [-0.1, -0.05) is 11.6 Å². The number of nitrogens with one attached hydrogen (secondary N) is 1. The molecule has 0 bridgehead atoms. The van der Waals surface area contributed by atoms with Gasteiger partial charge in [-0.25, -0.2) is 0 Å². The standard InChI is InChI=1S/C17H19N5O2/c1-10-14(6-13(7-18)19-10)15(23)22-8-12-4-3-5-17(12,9-22)16-20-11(2)21-24-16/h6,12,19H,3-5,8-9H2,1-2H3/t12-,17-/m0/s1. The van der Waals surface area contributed by atoms with Gasteiger partial charge in [0.15, 0.2) is 5.82 Å². The molecule has 3 heterocycles. The van der Waals surface area contributed by atoms with E-state index in [4.69, 9.17) is 9.78 Å². The maximum atomic E-state index is 12.9. The fourth-order valence-electron chi connectivity index (χ4n) is 4.30. The van der Waals surface area contributed by atoms with Crippen LogP contribution in [0.2, 0.25) is 0 Å². The van der Waals surface area contributed by atoms with Crippen LogP contribution in [0.15, 0.2) is 10.6 Å². The second kappa shape index (κ2) is 5.20. The number of amides is 1. The first kappa shape index (κ1) is 14.9. The Balaban J connectivity index is 1.64. The lowest BCUT2D eigenvalue weighted by Crippen LogP contribution is -2.35. The normalized spacial score (nSPS) is 25.7. The monoisotopic (exact) mass is 325 g/mol. The Kier molecular flexibility index (Phi) is 3.23. The maximum Gasteiger partial charge on any atom is 0.255 e. The van der Waals surface area contributed by atoms with Gasteiger partial charge in [0.2, 0.25) is 5.89 Å². The van der Waals surface area contributed by atoms with Crippen molar-refractivity contribution in [1.82, 2.24) is 20.0 Å². The van der Waals surface area contributed by atoms with Crippen molar-refractivity contribution in [3.8, 4) is 6.07 Å². The third-order valence-corrected chi connectivity index (χ3v) is 5.48. The minimum Gasteiger partial charge on any atom is -0.350 e. The number of aryl methyl sites for hydroxylation is 2. The lowest BCUT2D eigenvalue weighted by atomic mass is 9.80. The average molecular weight is 325 g/mol. The Bertz CT molecular complexity index is 846. The molecule has 124 valence electrons. The van der Waals surface area contributed by atoms with E-state index in [1.807, 2.05) is 18.7 Å². The number of rotatable bonds is 2. The van der Waals surface area contributed by atoms with E-state index in [2.05, 4.69) is 21.2 Å². The molecule has 2 aliphatic rings. The van der Waals surface area contributed by atoms with Crippen LogP contribution < -0.4 is 0 Å². The summed E-state index contributed by atoms with van der Waals surface area (Å²) in [5, 5.41) is 13.0. The fourth-order valence-corrected chi connectivity index (χ4v) is 4.30. The van der Waals surface area contributed by atoms with E-state index < -0.39 is 0 Å². The summed E-state index contributed by atoms with van der Waals surface area (Å²) in [7, 11) is 0. The zero-order valence-electron chi connectivity index (χ0n) is 13.8. The van der Waals surface area contributed by atoms with E-state index in [1.54, 1.807) is 6.07 Å². The van der Waals surface area contributed by atoms with Crippen LogP contribution in [-0.2, 0) is 5.41 Å². The number of H-pyrrole nitrogens is 1. The highest BCUT2D eigenvalue weighted by atomic mass is 16.5. The quantitative estimate of drug-likeness (QED) is 0.911. The van der Waals surface area contributed by atoms with E-state index in [0.29, 0.717) is 42.0 Å². The first-order valence-electron chi connectivity index (χ1n) is 8.23. The van der Waals surface area contributed by atoms with Crippen LogP contribution in [0.4, 0.5) is 0 Å². The largest absolute Gasteiger partial charge is 0.350 e. The van der Waals surface area contributed by atoms with Crippen LogP contribution in [0.1, 0.15) is 52.7 Å². The molecule has 24 heavy (non-hydrogen) atoms. The molecule has 7 nitrogen and oxygen atoms in total. The summed E-state index contributed by atoms with van der Waals surface area (Å²) in [6.07, 6.45) is 3.16. The number of fused-ring (bicyclic) bond motifs is 1. The molecule has 1 N–H and O–H groups in total. The predicted molar refractivity (Wildman–Crippen MR) is 84.2 cm³/mol. The van der Waals surface area contributed by atoms with Crippen molar-refractivity contribution in [3.63, 3.8) is 0 Å². The van der Waals surface area contributed by atoms with Crippen molar-refractivity contribution < 1.29 is 9.32 Å². The van der Waals surface area contributed by atoms with Gasteiger partial charge in [0.05, 0.1) is 11.0 Å². The molecule has 1 saturated carbocycles. The summed E-state index contributed by atoms with van der Waals surface area (Å²) in [6.45, 7) is 4.94. The van der Waals surface area contributed by atoms with Crippen LogP contribution >= 0.6 is 0 Å². The molecule has 2 aromatic heterocycles. The van der Waals surface area contributed by atoms with Gasteiger partial charge in [-0.2, -0.15) is 10.2 Å². The summed E-state index contributed by atoms with van der Waals surface area (Å²) in [6, 6.07) is 3.68. The molecule has 1 aliphatic heterocycles. The molecule has 1 amide bonds. The van der Waals surface area contributed by atoms with Crippen molar-refractivity contribution in [1.29, 1.82) is 5.26 Å². The van der Waals surface area contributed by atoms with Gasteiger partial charge in [0.1, 0.15) is 11.8 Å². The molecule has 2 atom stereocenters. The molecule has 0 aromatic carbocycles. The summed E-state index contributed by atoms with van der Waals surface area (Å²) < 4.78 is 5.48. The summed E-state index contributed by atoms with van der Waals surface area (Å²) in [4.78, 5) is 22.2. The molecule has 0 spiro atoms. The third-order valence-electron chi connectivity index (χ3n) is 5.48.